The Hall–Kier alpha value is -3.38. The smallest absolute Gasteiger partial charge is 0.274 e. The zero-order chi connectivity index (χ0) is 21.2. The van der Waals surface area contributed by atoms with Crippen molar-refractivity contribution in [3.8, 4) is 0 Å². The van der Waals surface area contributed by atoms with Gasteiger partial charge in [-0.1, -0.05) is 66.7 Å². The number of nitrogens with zero attached hydrogens (tertiary/aromatic N) is 2. The molecular formula is C25H21N3O2S. The summed E-state index contributed by atoms with van der Waals surface area (Å²) in [4.78, 5) is 27.6. The number of rotatable bonds is 4. The third-order valence-corrected chi connectivity index (χ3v) is 6.64. The van der Waals surface area contributed by atoms with Crippen LogP contribution in [-0.4, -0.2) is 21.4 Å². The first-order chi connectivity index (χ1) is 15.2. The Morgan fingerprint density at radius 2 is 1.68 bits per heavy atom. The average molecular weight is 428 g/mol. The lowest BCUT2D eigenvalue weighted by Crippen LogP contribution is -2.34. The van der Waals surface area contributed by atoms with Crippen molar-refractivity contribution >= 4 is 28.4 Å². The van der Waals surface area contributed by atoms with Crippen molar-refractivity contribution in [3.63, 3.8) is 0 Å². The Balaban J connectivity index is 1.54. The summed E-state index contributed by atoms with van der Waals surface area (Å²) in [5.74, 6) is 0.689. The van der Waals surface area contributed by atoms with Crippen LogP contribution in [0.5, 0.6) is 0 Å². The summed E-state index contributed by atoms with van der Waals surface area (Å²) in [6.07, 6.45) is 0.856. The second kappa shape index (κ2) is 8.40. The molecule has 154 valence electrons. The van der Waals surface area contributed by atoms with E-state index in [1.165, 1.54) is 9.58 Å². The predicted octanol–water partition coefficient (Wildman–Crippen LogP) is 4.41. The molecule has 0 spiro atoms. The van der Waals surface area contributed by atoms with Crippen LogP contribution in [0.25, 0.3) is 10.8 Å². The van der Waals surface area contributed by atoms with Gasteiger partial charge in [0.1, 0.15) is 0 Å². The molecule has 0 saturated carbocycles. The first-order valence-electron chi connectivity index (χ1n) is 10.3. The van der Waals surface area contributed by atoms with Gasteiger partial charge < -0.3 is 5.32 Å². The highest BCUT2D eigenvalue weighted by Gasteiger charge is 2.24. The van der Waals surface area contributed by atoms with Crippen LogP contribution in [0.4, 0.5) is 0 Å². The number of thioether (sulfide) groups is 1. The molecule has 4 aromatic rings. The molecule has 5 nitrogen and oxygen atoms in total. The van der Waals surface area contributed by atoms with E-state index < -0.39 is 0 Å². The third-order valence-electron chi connectivity index (χ3n) is 5.52. The van der Waals surface area contributed by atoms with Crippen molar-refractivity contribution in [2.24, 2.45) is 0 Å². The van der Waals surface area contributed by atoms with Crippen LogP contribution >= 0.6 is 11.8 Å². The third kappa shape index (κ3) is 3.86. The van der Waals surface area contributed by atoms with Gasteiger partial charge in [0.05, 0.1) is 18.0 Å². The maximum atomic E-state index is 13.4. The molecule has 1 aromatic heterocycles. The molecule has 2 heterocycles. The Labute approximate surface area is 184 Å². The normalized spacial score (nSPS) is 15.4. The Bertz CT molecular complexity index is 1320. The monoisotopic (exact) mass is 427 g/mol. The topological polar surface area (TPSA) is 64.0 Å². The Morgan fingerprint density at radius 3 is 2.52 bits per heavy atom. The minimum Gasteiger partial charge on any atom is -0.344 e. The molecule has 1 unspecified atom stereocenters. The van der Waals surface area contributed by atoms with Crippen molar-refractivity contribution in [2.45, 2.75) is 23.9 Å². The largest absolute Gasteiger partial charge is 0.344 e. The molecule has 0 bridgehead atoms. The molecule has 1 atom stereocenters. The van der Waals surface area contributed by atoms with Gasteiger partial charge in [0.15, 0.2) is 5.69 Å². The van der Waals surface area contributed by atoms with E-state index in [2.05, 4.69) is 22.5 Å². The fourth-order valence-corrected chi connectivity index (χ4v) is 5.11. The Kier molecular flexibility index (Phi) is 5.30. The molecule has 0 fully saturated rings. The van der Waals surface area contributed by atoms with Crippen molar-refractivity contribution in [1.82, 2.24) is 15.1 Å². The standard InChI is InChI=1S/C25H21N3O2S/c29-24(26-21-14-15-31-22-13-7-6-12-20(21)22)23-18-10-4-5-11-19(18)25(30)28(27-23)16-17-8-2-1-3-9-17/h1-13,21H,14-16H2,(H,26,29). The summed E-state index contributed by atoms with van der Waals surface area (Å²) >= 11 is 1.81. The summed E-state index contributed by atoms with van der Waals surface area (Å²) in [6.45, 7) is 0.313. The second-order valence-electron chi connectivity index (χ2n) is 7.54. The number of carbonyl (C=O) groups excluding carboxylic acids is 1. The van der Waals surface area contributed by atoms with Crippen LogP contribution in [0, 0.1) is 0 Å². The molecular weight excluding hydrogens is 406 g/mol. The van der Waals surface area contributed by atoms with Gasteiger partial charge in [-0.2, -0.15) is 5.10 Å². The highest BCUT2D eigenvalue weighted by molar-refractivity contribution is 7.99. The number of amides is 1. The summed E-state index contributed by atoms with van der Waals surface area (Å²) in [5, 5.41) is 8.74. The van der Waals surface area contributed by atoms with E-state index in [-0.39, 0.29) is 23.2 Å². The number of carbonyl (C=O) groups is 1. The first kappa shape index (κ1) is 19.6. The Morgan fingerprint density at radius 1 is 0.968 bits per heavy atom. The fraction of sp³-hybridized carbons (Fsp3) is 0.160. The van der Waals surface area contributed by atoms with Crippen molar-refractivity contribution in [3.05, 3.63) is 106 Å². The van der Waals surface area contributed by atoms with Crippen LogP contribution in [0.15, 0.2) is 88.6 Å². The quantitative estimate of drug-likeness (QED) is 0.524. The molecule has 6 heteroatoms. The van der Waals surface area contributed by atoms with E-state index in [0.717, 1.165) is 23.3 Å². The molecule has 31 heavy (non-hydrogen) atoms. The summed E-state index contributed by atoms with van der Waals surface area (Å²) < 4.78 is 1.39. The number of benzene rings is 3. The average Bonchev–Trinajstić information content (AvgIpc) is 2.82. The first-order valence-corrected chi connectivity index (χ1v) is 11.3. The van der Waals surface area contributed by atoms with Gasteiger partial charge in [0, 0.05) is 16.0 Å². The van der Waals surface area contributed by atoms with E-state index in [9.17, 15) is 9.59 Å². The number of aromatic nitrogens is 2. The molecule has 1 aliphatic heterocycles. The molecule has 0 aliphatic carbocycles. The number of hydrogen-bond donors (Lipinski definition) is 1. The lowest BCUT2D eigenvalue weighted by atomic mass is 10.0. The van der Waals surface area contributed by atoms with Crippen LogP contribution in [0.2, 0.25) is 0 Å². The summed E-state index contributed by atoms with van der Waals surface area (Å²) in [5.41, 5.74) is 2.17. The lowest BCUT2D eigenvalue weighted by Gasteiger charge is -2.26. The highest BCUT2D eigenvalue weighted by atomic mass is 32.2. The molecule has 1 N–H and O–H groups in total. The van der Waals surface area contributed by atoms with Gasteiger partial charge in [-0.25, -0.2) is 4.68 Å². The zero-order valence-electron chi connectivity index (χ0n) is 16.8. The zero-order valence-corrected chi connectivity index (χ0v) is 17.6. The van der Waals surface area contributed by atoms with Crippen molar-refractivity contribution < 1.29 is 4.79 Å². The van der Waals surface area contributed by atoms with Gasteiger partial charge in [0.25, 0.3) is 11.5 Å². The number of nitrogens with one attached hydrogen (secondary N) is 1. The maximum absolute atomic E-state index is 13.4. The van der Waals surface area contributed by atoms with Crippen LogP contribution in [0.1, 0.15) is 34.1 Å². The van der Waals surface area contributed by atoms with Crippen LogP contribution < -0.4 is 10.9 Å². The van der Waals surface area contributed by atoms with Crippen molar-refractivity contribution in [2.75, 3.05) is 5.75 Å². The van der Waals surface area contributed by atoms with E-state index >= 15 is 0 Å². The minimum absolute atomic E-state index is 0.0694. The molecule has 5 rings (SSSR count). The van der Waals surface area contributed by atoms with Gasteiger partial charge >= 0.3 is 0 Å². The van der Waals surface area contributed by atoms with Gasteiger partial charge in [-0.05, 0) is 29.7 Å². The molecule has 0 radical (unpaired) electrons. The van der Waals surface area contributed by atoms with E-state index in [1.54, 1.807) is 12.1 Å². The molecule has 3 aromatic carbocycles. The van der Waals surface area contributed by atoms with Gasteiger partial charge in [0.2, 0.25) is 0 Å². The van der Waals surface area contributed by atoms with Crippen molar-refractivity contribution in [1.29, 1.82) is 0 Å². The molecule has 1 amide bonds. The van der Waals surface area contributed by atoms with Gasteiger partial charge in [-0.15, -0.1) is 11.8 Å². The van der Waals surface area contributed by atoms with Crippen LogP contribution in [-0.2, 0) is 6.54 Å². The predicted molar refractivity (Wildman–Crippen MR) is 124 cm³/mol. The van der Waals surface area contributed by atoms with E-state index in [1.807, 2.05) is 66.4 Å². The summed E-state index contributed by atoms with van der Waals surface area (Å²) in [6, 6.07) is 24.9. The second-order valence-corrected chi connectivity index (χ2v) is 8.68. The highest BCUT2D eigenvalue weighted by Crippen LogP contribution is 2.36. The number of hydrogen-bond acceptors (Lipinski definition) is 4. The fourth-order valence-electron chi connectivity index (χ4n) is 3.98. The SMILES string of the molecule is O=C(NC1CCSc2ccccc21)c1nn(Cc2ccccc2)c(=O)c2ccccc12. The van der Waals surface area contributed by atoms with E-state index in [0.29, 0.717) is 17.3 Å². The van der Waals surface area contributed by atoms with E-state index in [4.69, 9.17) is 0 Å². The molecule has 0 saturated heterocycles. The van der Waals surface area contributed by atoms with Gasteiger partial charge in [-0.3, -0.25) is 9.59 Å². The maximum Gasteiger partial charge on any atom is 0.274 e. The lowest BCUT2D eigenvalue weighted by molar-refractivity contribution is 0.0929. The number of fused-ring (bicyclic) bond motifs is 2. The summed E-state index contributed by atoms with van der Waals surface area (Å²) in [7, 11) is 0. The minimum atomic E-state index is -0.260. The molecule has 1 aliphatic rings. The van der Waals surface area contributed by atoms with Crippen LogP contribution in [0.3, 0.4) is 0 Å².